The van der Waals surface area contributed by atoms with Crippen molar-refractivity contribution >= 4 is 44.6 Å². The monoisotopic (exact) mass is 915 g/mol. The number of aryl methyl sites for hydroxylation is 1. The van der Waals surface area contributed by atoms with E-state index in [2.05, 4.69) is 61.7 Å². The molecule has 3 amide bonds. The SMILES string of the molecule is Cn1nc(N2CCC(=O)NC2=O)c2ccc(C3CCN(CC(C)(C)c4cccc(S(=O)(=O)N5CCC(Nc6ncc(C(F)(F)F)c(-c7cnn(CC(F)(F)F)c7)n6)CC5)c4)CC3)cc21. The van der Waals surface area contributed by atoms with Crippen LogP contribution < -0.4 is 15.5 Å². The van der Waals surface area contributed by atoms with Gasteiger partial charge in [0.2, 0.25) is 21.9 Å². The van der Waals surface area contributed by atoms with Crippen LogP contribution in [-0.4, -0.2) is 111 Å². The molecule has 3 aliphatic heterocycles. The van der Waals surface area contributed by atoms with Gasteiger partial charge in [0, 0.05) is 74.4 Å². The number of benzene rings is 2. The highest BCUT2D eigenvalue weighted by Crippen LogP contribution is 2.38. The number of rotatable bonds is 11. The van der Waals surface area contributed by atoms with E-state index in [4.69, 9.17) is 0 Å². The van der Waals surface area contributed by atoms with Crippen molar-refractivity contribution in [3.8, 4) is 11.3 Å². The lowest BCUT2D eigenvalue weighted by Gasteiger charge is -2.38. The van der Waals surface area contributed by atoms with Crippen molar-refractivity contribution in [1.82, 2.24) is 44.1 Å². The van der Waals surface area contributed by atoms with Crippen LogP contribution in [-0.2, 0) is 40.0 Å². The molecule has 0 aliphatic carbocycles. The number of likely N-dealkylation sites (tertiary alicyclic amines) is 1. The Kier molecular flexibility index (Phi) is 12.0. The van der Waals surface area contributed by atoms with Gasteiger partial charge in [0.15, 0.2) is 5.82 Å². The number of fused-ring (bicyclic) bond motifs is 1. The molecule has 6 heterocycles. The molecule has 3 aliphatic rings. The number of anilines is 2. The Bertz CT molecular complexity index is 2670. The zero-order chi connectivity index (χ0) is 45.8. The van der Waals surface area contributed by atoms with Crippen molar-refractivity contribution < 1.29 is 44.3 Å². The molecule has 2 aromatic carbocycles. The fraction of sp³-hybridized carbons (Fsp3) is 0.476. The lowest BCUT2D eigenvalue weighted by atomic mass is 9.82. The van der Waals surface area contributed by atoms with Gasteiger partial charge in [-0.1, -0.05) is 32.0 Å². The number of hydrogen-bond acceptors (Lipinski definition) is 10. The molecular formula is C42H47F6N11O4S. The summed E-state index contributed by atoms with van der Waals surface area (Å²) in [5, 5.41) is 14.3. The third-order valence-corrected chi connectivity index (χ3v) is 14.1. The van der Waals surface area contributed by atoms with Gasteiger partial charge in [-0.2, -0.15) is 40.8 Å². The van der Waals surface area contributed by atoms with Gasteiger partial charge in [-0.15, -0.1) is 0 Å². The first-order valence-corrected chi connectivity index (χ1v) is 22.3. The zero-order valence-corrected chi connectivity index (χ0v) is 36.1. The van der Waals surface area contributed by atoms with E-state index >= 15 is 0 Å². The number of halogens is 6. The van der Waals surface area contributed by atoms with Crippen LogP contribution >= 0.6 is 0 Å². The molecule has 3 saturated heterocycles. The van der Waals surface area contributed by atoms with E-state index in [1.807, 2.05) is 19.2 Å². The fourth-order valence-electron chi connectivity index (χ4n) is 8.83. The highest BCUT2D eigenvalue weighted by molar-refractivity contribution is 7.89. The number of nitrogens with one attached hydrogen (secondary N) is 2. The lowest BCUT2D eigenvalue weighted by Crippen LogP contribution is -2.49. The molecular weight excluding hydrogens is 869 g/mol. The Labute approximate surface area is 364 Å². The van der Waals surface area contributed by atoms with E-state index in [1.165, 1.54) is 14.8 Å². The van der Waals surface area contributed by atoms with Gasteiger partial charge in [-0.3, -0.25) is 24.4 Å². The maximum Gasteiger partial charge on any atom is 0.419 e. The van der Waals surface area contributed by atoms with Gasteiger partial charge in [0.1, 0.15) is 12.1 Å². The maximum absolute atomic E-state index is 14.0. The van der Waals surface area contributed by atoms with E-state index in [1.54, 1.807) is 22.9 Å². The third-order valence-electron chi connectivity index (χ3n) is 12.2. The minimum absolute atomic E-state index is 0.118. The molecule has 0 radical (unpaired) electrons. The normalized spacial score (nSPS) is 18.2. The number of aromatic nitrogens is 6. The van der Waals surface area contributed by atoms with Crippen LogP contribution in [0.15, 0.2) is 66.0 Å². The number of imide groups is 1. The van der Waals surface area contributed by atoms with E-state index < -0.39 is 57.7 Å². The highest BCUT2D eigenvalue weighted by Gasteiger charge is 2.38. The average molecular weight is 916 g/mol. The fourth-order valence-corrected chi connectivity index (χ4v) is 10.4. The van der Waals surface area contributed by atoms with Crippen LogP contribution in [0.4, 0.5) is 42.9 Å². The number of sulfonamides is 1. The van der Waals surface area contributed by atoms with Crippen molar-refractivity contribution in [1.29, 1.82) is 0 Å². The number of piperidine rings is 2. The van der Waals surface area contributed by atoms with Crippen molar-refractivity contribution in [3.63, 3.8) is 0 Å². The average Bonchev–Trinajstić information content (AvgIpc) is 3.83. The summed E-state index contributed by atoms with van der Waals surface area (Å²) in [4.78, 5) is 36.1. The zero-order valence-electron chi connectivity index (χ0n) is 35.2. The minimum atomic E-state index is -4.89. The molecule has 0 bridgehead atoms. The van der Waals surface area contributed by atoms with Crippen LogP contribution in [0.25, 0.3) is 22.2 Å². The standard InChI is InChI=1S/C42H47F6N11O4S/c1-40(2,24-56-14-9-26(10-15-56)27-7-8-32-34(19-27)55(3)54-37(32)59-18-13-35(60)52-39(59)61)29-5-4-6-31(20-29)64(62,63)58-16-11-30(12-17-58)51-38-49-22-33(42(46,47)48)36(53-38)28-21-50-57(23-28)25-41(43,44)45/h4-8,19-23,26,30H,9-18,24-25H2,1-3H3,(H,49,51,53)(H,52,60,61). The van der Waals surface area contributed by atoms with Gasteiger partial charge < -0.3 is 10.2 Å². The largest absolute Gasteiger partial charge is 0.419 e. The molecule has 3 fully saturated rings. The lowest BCUT2D eigenvalue weighted by molar-refractivity contribution is -0.142. The molecule has 8 rings (SSSR count). The molecule has 0 atom stereocenters. The maximum atomic E-state index is 14.0. The van der Waals surface area contributed by atoms with Crippen molar-refractivity contribution in [2.24, 2.45) is 7.05 Å². The Morgan fingerprint density at radius 1 is 0.891 bits per heavy atom. The highest BCUT2D eigenvalue weighted by atomic mass is 32.2. The second-order valence-corrected chi connectivity index (χ2v) is 19.2. The van der Waals surface area contributed by atoms with Gasteiger partial charge in [-0.05, 0) is 80.1 Å². The summed E-state index contributed by atoms with van der Waals surface area (Å²) in [5.41, 5.74) is 0.427. The van der Waals surface area contributed by atoms with Gasteiger partial charge in [0.25, 0.3) is 0 Å². The number of nitrogens with zero attached hydrogens (tertiary/aromatic N) is 9. The Morgan fingerprint density at radius 2 is 1.62 bits per heavy atom. The predicted octanol–water partition coefficient (Wildman–Crippen LogP) is 6.68. The second kappa shape index (κ2) is 17.1. The van der Waals surface area contributed by atoms with Crippen LogP contribution in [0.5, 0.6) is 0 Å². The Hall–Kier alpha value is -5.61. The molecule has 22 heteroatoms. The molecule has 0 unspecified atom stereocenters. The van der Waals surface area contributed by atoms with Gasteiger partial charge in [-0.25, -0.2) is 23.2 Å². The summed E-state index contributed by atoms with van der Waals surface area (Å²) in [6.07, 6.45) is -4.60. The molecule has 342 valence electrons. The number of alkyl halides is 6. The van der Waals surface area contributed by atoms with Gasteiger partial charge >= 0.3 is 18.4 Å². The van der Waals surface area contributed by atoms with Crippen LogP contribution in [0.1, 0.15) is 68.6 Å². The summed E-state index contributed by atoms with van der Waals surface area (Å²) in [6.45, 7) is 5.60. The third kappa shape index (κ3) is 9.58. The molecule has 5 aromatic rings. The topological polar surface area (TPSA) is 163 Å². The van der Waals surface area contributed by atoms with E-state index in [0.29, 0.717) is 42.0 Å². The summed E-state index contributed by atoms with van der Waals surface area (Å²) in [6, 6.07) is 12.3. The van der Waals surface area contributed by atoms with E-state index in [9.17, 15) is 44.3 Å². The molecule has 0 spiro atoms. The smallest absolute Gasteiger partial charge is 0.351 e. The van der Waals surface area contributed by atoms with Gasteiger partial charge in [0.05, 0.1) is 22.3 Å². The van der Waals surface area contributed by atoms with Crippen molar-refractivity contribution in [2.45, 2.75) is 87.1 Å². The molecule has 64 heavy (non-hydrogen) atoms. The van der Waals surface area contributed by atoms with E-state index in [-0.39, 0.29) is 48.4 Å². The number of hydrogen-bond donors (Lipinski definition) is 2. The summed E-state index contributed by atoms with van der Waals surface area (Å²) in [7, 11) is -2.07. The minimum Gasteiger partial charge on any atom is -0.351 e. The number of carbonyl (C=O) groups excluding carboxylic acids is 2. The second-order valence-electron chi connectivity index (χ2n) is 17.3. The first-order valence-electron chi connectivity index (χ1n) is 20.9. The van der Waals surface area contributed by atoms with Crippen molar-refractivity contribution in [2.75, 3.05) is 49.5 Å². The Morgan fingerprint density at radius 3 is 2.31 bits per heavy atom. The molecule has 0 saturated carbocycles. The quantitative estimate of drug-likeness (QED) is 0.137. The van der Waals surface area contributed by atoms with Crippen molar-refractivity contribution in [3.05, 3.63) is 77.7 Å². The van der Waals surface area contributed by atoms with Crippen LogP contribution in [0.3, 0.4) is 0 Å². The number of amides is 3. The molecule has 15 nitrogen and oxygen atoms in total. The van der Waals surface area contributed by atoms with E-state index in [0.717, 1.165) is 54.8 Å². The molecule has 3 aromatic heterocycles. The van der Waals surface area contributed by atoms with Crippen LogP contribution in [0.2, 0.25) is 0 Å². The summed E-state index contributed by atoms with van der Waals surface area (Å²) in [5.74, 6) is 0.354. The predicted molar refractivity (Wildman–Crippen MR) is 224 cm³/mol. The van der Waals surface area contributed by atoms with Crippen LogP contribution in [0, 0.1) is 0 Å². The Balaban J connectivity index is 0.871. The number of urea groups is 1. The molecule has 2 N–H and O–H groups in total. The first kappa shape index (κ1) is 45.0. The summed E-state index contributed by atoms with van der Waals surface area (Å²) < 4.78 is 112. The summed E-state index contributed by atoms with van der Waals surface area (Å²) >= 11 is 0. The first-order chi connectivity index (χ1) is 30.1. The number of carbonyl (C=O) groups is 2.